The minimum absolute atomic E-state index is 0.0850. The zero-order valence-electron chi connectivity index (χ0n) is 13.0. The van der Waals surface area contributed by atoms with Gasteiger partial charge in [0.1, 0.15) is 11.8 Å². The topological polar surface area (TPSA) is 85.6 Å². The average Bonchev–Trinajstić information content (AvgIpc) is 2.88. The van der Waals surface area contributed by atoms with Crippen molar-refractivity contribution < 1.29 is 9.53 Å². The number of nitrogens with zero attached hydrogens (tertiary/aromatic N) is 6. The Morgan fingerprint density at radius 3 is 2.70 bits per heavy atom. The van der Waals surface area contributed by atoms with Gasteiger partial charge in [-0.25, -0.2) is 14.8 Å². The van der Waals surface area contributed by atoms with Crippen LogP contribution in [0, 0.1) is 11.3 Å². The van der Waals surface area contributed by atoms with Crippen molar-refractivity contribution in [2.45, 2.75) is 6.42 Å². The molecule has 0 N–H and O–H groups in total. The summed E-state index contributed by atoms with van der Waals surface area (Å²) >= 11 is 0. The van der Waals surface area contributed by atoms with Crippen molar-refractivity contribution >= 4 is 12.0 Å². The molecular formula is C15H20N6O2. The highest BCUT2D eigenvalue weighted by Crippen LogP contribution is 2.13. The second kappa shape index (κ2) is 7.24. The van der Waals surface area contributed by atoms with Crippen molar-refractivity contribution in [3.05, 3.63) is 18.0 Å². The molecule has 0 spiro atoms. The van der Waals surface area contributed by atoms with Gasteiger partial charge in [0.05, 0.1) is 13.2 Å². The molecule has 2 aliphatic heterocycles. The van der Waals surface area contributed by atoms with Crippen molar-refractivity contribution in [2.24, 2.45) is 0 Å². The van der Waals surface area contributed by atoms with E-state index in [0.717, 1.165) is 19.5 Å². The third kappa shape index (κ3) is 3.68. The SMILES string of the molecule is N#Cc1ccnc(N2CCCN(C(=O)N3CCOCC3)CC2)n1. The molecule has 0 atom stereocenters. The maximum Gasteiger partial charge on any atom is 0.320 e. The molecular weight excluding hydrogens is 296 g/mol. The van der Waals surface area contributed by atoms with E-state index in [0.29, 0.717) is 51.0 Å². The number of urea groups is 1. The Morgan fingerprint density at radius 1 is 1.13 bits per heavy atom. The standard InChI is InChI=1S/C15H20N6O2/c16-12-13-2-3-17-14(18-13)19-4-1-5-20(7-6-19)15(22)21-8-10-23-11-9-21/h2-3H,1,4-11H2. The number of nitriles is 1. The fourth-order valence-electron chi connectivity index (χ4n) is 2.83. The van der Waals surface area contributed by atoms with Crippen molar-refractivity contribution in [3.63, 3.8) is 0 Å². The van der Waals surface area contributed by atoms with E-state index in [4.69, 9.17) is 10.00 Å². The predicted octanol–water partition coefficient (Wildman–Crippen LogP) is 0.313. The summed E-state index contributed by atoms with van der Waals surface area (Å²) in [5, 5.41) is 8.95. The molecule has 23 heavy (non-hydrogen) atoms. The van der Waals surface area contributed by atoms with Crippen LogP contribution in [-0.4, -0.2) is 78.3 Å². The zero-order valence-corrected chi connectivity index (χ0v) is 13.0. The molecule has 0 bridgehead atoms. The first-order chi connectivity index (χ1) is 11.3. The van der Waals surface area contributed by atoms with Gasteiger partial charge in [0.2, 0.25) is 5.95 Å². The van der Waals surface area contributed by atoms with Crippen molar-refractivity contribution in [1.82, 2.24) is 19.8 Å². The molecule has 2 saturated heterocycles. The third-order valence-electron chi connectivity index (χ3n) is 4.09. The van der Waals surface area contributed by atoms with Gasteiger partial charge in [0.15, 0.2) is 0 Å². The van der Waals surface area contributed by atoms with Crippen LogP contribution >= 0.6 is 0 Å². The summed E-state index contributed by atoms with van der Waals surface area (Å²) in [6, 6.07) is 3.71. The van der Waals surface area contributed by atoms with Crippen LogP contribution in [0.3, 0.4) is 0 Å². The number of ether oxygens (including phenoxy) is 1. The maximum atomic E-state index is 12.6. The van der Waals surface area contributed by atoms with E-state index in [-0.39, 0.29) is 6.03 Å². The van der Waals surface area contributed by atoms with Gasteiger partial charge in [-0.1, -0.05) is 0 Å². The Hall–Kier alpha value is -2.40. The van der Waals surface area contributed by atoms with Gasteiger partial charge in [-0.2, -0.15) is 5.26 Å². The van der Waals surface area contributed by atoms with Crippen LogP contribution in [0.15, 0.2) is 12.3 Å². The molecule has 3 heterocycles. The summed E-state index contributed by atoms with van der Waals surface area (Å²) in [5.41, 5.74) is 0.362. The van der Waals surface area contributed by atoms with E-state index >= 15 is 0 Å². The summed E-state index contributed by atoms with van der Waals surface area (Å²) in [6.45, 7) is 5.35. The van der Waals surface area contributed by atoms with E-state index in [9.17, 15) is 4.79 Å². The first kappa shape index (κ1) is 15.5. The molecule has 1 aromatic heterocycles. The third-order valence-corrected chi connectivity index (χ3v) is 4.09. The van der Waals surface area contributed by atoms with E-state index < -0.39 is 0 Å². The largest absolute Gasteiger partial charge is 0.378 e. The van der Waals surface area contributed by atoms with Gasteiger partial charge in [-0.05, 0) is 12.5 Å². The molecule has 3 rings (SSSR count). The Labute approximate surface area is 135 Å². The first-order valence-corrected chi connectivity index (χ1v) is 7.87. The highest BCUT2D eigenvalue weighted by Gasteiger charge is 2.25. The predicted molar refractivity (Wildman–Crippen MR) is 82.9 cm³/mol. The van der Waals surface area contributed by atoms with Crippen LogP contribution in [0.4, 0.5) is 10.7 Å². The zero-order chi connectivity index (χ0) is 16.1. The Morgan fingerprint density at radius 2 is 1.91 bits per heavy atom. The lowest BCUT2D eigenvalue weighted by atomic mass is 10.4. The number of amides is 2. The smallest absolute Gasteiger partial charge is 0.320 e. The summed E-state index contributed by atoms with van der Waals surface area (Å²) in [7, 11) is 0. The molecule has 8 nitrogen and oxygen atoms in total. The van der Waals surface area contributed by atoms with Gasteiger partial charge in [0.25, 0.3) is 0 Å². The van der Waals surface area contributed by atoms with Crippen LogP contribution in [-0.2, 0) is 4.74 Å². The molecule has 0 saturated carbocycles. The van der Waals surface area contributed by atoms with Crippen molar-refractivity contribution in [2.75, 3.05) is 57.4 Å². The molecule has 2 fully saturated rings. The Kier molecular flexibility index (Phi) is 4.88. The normalized spacial score (nSPS) is 19.2. The molecule has 0 aliphatic carbocycles. The molecule has 8 heteroatoms. The van der Waals surface area contributed by atoms with Crippen LogP contribution in [0.25, 0.3) is 0 Å². The summed E-state index contributed by atoms with van der Waals surface area (Å²) < 4.78 is 5.30. The number of carbonyl (C=O) groups is 1. The fraction of sp³-hybridized carbons (Fsp3) is 0.600. The molecule has 122 valence electrons. The average molecular weight is 316 g/mol. The van der Waals surface area contributed by atoms with Crippen molar-refractivity contribution in [1.29, 1.82) is 5.26 Å². The van der Waals surface area contributed by atoms with Crippen molar-refractivity contribution in [3.8, 4) is 6.07 Å². The summed E-state index contributed by atoms with van der Waals surface area (Å²) in [6.07, 6.45) is 2.46. The van der Waals surface area contributed by atoms with Crippen LogP contribution < -0.4 is 4.90 Å². The van der Waals surface area contributed by atoms with E-state index in [1.165, 1.54) is 0 Å². The number of rotatable bonds is 1. The molecule has 1 aromatic rings. The molecule has 0 radical (unpaired) electrons. The summed E-state index contributed by atoms with van der Waals surface area (Å²) in [5.74, 6) is 0.560. The minimum Gasteiger partial charge on any atom is -0.378 e. The van der Waals surface area contributed by atoms with Gasteiger partial charge >= 0.3 is 6.03 Å². The lowest BCUT2D eigenvalue weighted by Crippen LogP contribution is -2.49. The van der Waals surface area contributed by atoms with Gasteiger partial charge in [0, 0.05) is 45.5 Å². The number of hydrogen-bond donors (Lipinski definition) is 0. The second-order valence-electron chi connectivity index (χ2n) is 5.56. The monoisotopic (exact) mass is 316 g/mol. The van der Waals surface area contributed by atoms with Crippen LogP contribution in [0.1, 0.15) is 12.1 Å². The van der Waals surface area contributed by atoms with Gasteiger partial charge < -0.3 is 19.4 Å². The lowest BCUT2D eigenvalue weighted by molar-refractivity contribution is 0.0438. The lowest BCUT2D eigenvalue weighted by Gasteiger charge is -2.32. The summed E-state index contributed by atoms with van der Waals surface area (Å²) in [4.78, 5) is 26.8. The van der Waals surface area contributed by atoms with Gasteiger partial charge in [-0.15, -0.1) is 0 Å². The van der Waals surface area contributed by atoms with E-state index in [1.807, 2.05) is 20.8 Å². The Bertz CT molecular complexity index is 596. The fourth-order valence-corrected chi connectivity index (χ4v) is 2.83. The molecule has 2 aliphatic rings. The van der Waals surface area contributed by atoms with Crippen LogP contribution in [0.5, 0.6) is 0 Å². The number of hydrogen-bond acceptors (Lipinski definition) is 6. The number of anilines is 1. The van der Waals surface area contributed by atoms with E-state index in [2.05, 4.69) is 9.97 Å². The van der Waals surface area contributed by atoms with Crippen LogP contribution in [0.2, 0.25) is 0 Å². The molecule has 0 unspecified atom stereocenters. The number of carbonyl (C=O) groups excluding carboxylic acids is 1. The first-order valence-electron chi connectivity index (χ1n) is 7.87. The quantitative estimate of drug-likeness (QED) is 0.741. The molecule has 0 aromatic carbocycles. The highest BCUT2D eigenvalue weighted by atomic mass is 16.5. The molecule has 2 amide bonds. The number of morpholine rings is 1. The maximum absolute atomic E-state index is 12.6. The highest BCUT2D eigenvalue weighted by molar-refractivity contribution is 5.74. The second-order valence-corrected chi connectivity index (χ2v) is 5.56. The Balaban J connectivity index is 1.62. The van der Waals surface area contributed by atoms with Gasteiger partial charge in [-0.3, -0.25) is 0 Å². The van der Waals surface area contributed by atoms with E-state index in [1.54, 1.807) is 12.3 Å². The number of aromatic nitrogens is 2. The minimum atomic E-state index is 0.0850.